The van der Waals surface area contributed by atoms with E-state index in [4.69, 9.17) is 0 Å². The maximum absolute atomic E-state index is 11.8. The van der Waals surface area contributed by atoms with Gasteiger partial charge in [0.05, 0.1) is 5.60 Å². The molecule has 1 fully saturated rings. The molecule has 0 saturated heterocycles. The van der Waals surface area contributed by atoms with E-state index in [1.807, 2.05) is 0 Å². The Morgan fingerprint density at radius 3 is 2.32 bits per heavy atom. The first kappa shape index (κ1) is 16.0. The van der Waals surface area contributed by atoms with Crippen LogP contribution in [-0.2, 0) is 12.0 Å². The van der Waals surface area contributed by atoms with Crippen LogP contribution in [0.25, 0.3) is 0 Å². The second-order valence-electron chi connectivity index (χ2n) is 8.58. The third kappa shape index (κ3) is 2.23. The second kappa shape index (κ2) is 5.35. The van der Waals surface area contributed by atoms with Gasteiger partial charge in [0.15, 0.2) is 0 Å². The predicted molar refractivity (Wildman–Crippen MR) is 91.9 cm³/mol. The van der Waals surface area contributed by atoms with Crippen LogP contribution in [0.4, 0.5) is 0 Å². The van der Waals surface area contributed by atoms with Gasteiger partial charge in [-0.05, 0) is 36.4 Å². The molecule has 1 aromatic rings. The van der Waals surface area contributed by atoms with Gasteiger partial charge in [0.2, 0.25) is 0 Å². The summed E-state index contributed by atoms with van der Waals surface area (Å²) in [4.78, 5) is 2.40. The van der Waals surface area contributed by atoms with Crippen molar-refractivity contribution in [3.8, 4) is 0 Å². The summed E-state index contributed by atoms with van der Waals surface area (Å²) < 4.78 is 0. The zero-order chi connectivity index (χ0) is 16.0. The number of hydrogen-bond donors (Lipinski definition) is 1. The summed E-state index contributed by atoms with van der Waals surface area (Å²) in [5.74, 6) is 0. The molecule has 0 aromatic heterocycles. The topological polar surface area (TPSA) is 23.5 Å². The van der Waals surface area contributed by atoms with Crippen LogP contribution in [0.15, 0.2) is 24.3 Å². The summed E-state index contributed by atoms with van der Waals surface area (Å²) in [5, 5.41) is 11.8. The van der Waals surface area contributed by atoms with Crippen LogP contribution in [0.3, 0.4) is 0 Å². The SMILES string of the molecule is CN1Cc2ccccc2C(C(C)(C)C)(C2(O)CCCCC2)C1. The van der Waals surface area contributed by atoms with Crippen molar-refractivity contribution in [2.24, 2.45) is 5.41 Å². The summed E-state index contributed by atoms with van der Waals surface area (Å²) in [5.41, 5.74) is 2.03. The number of nitrogens with zero attached hydrogens (tertiary/aromatic N) is 1. The van der Waals surface area contributed by atoms with E-state index in [1.165, 1.54) is 17.5 Å². The van der Waals surface area contributed by atoms with Gasteiger partial charge in [-0.15, -0.1) is 0 Å². The van der Waals surface area contributed by atoms with Crippen molar-refractivity contribution in [1.82, 2.24) is 4.90 Å². The van der Waals surface area contributed by atoms with Gasteiger partial charge in [-0.25, -0.2) is 0 Å². The average molecular weight is 301 g/mol. The molecule has 122 valence electrons. The maximum Gasteiger partial charge on any atom is 0.0761 e. The molecule has 0 spiro atoms. The summed E-state index contributed by atoms with van der Waals surface area (Å²) in [7, 11) is 2.20. The van der Waals surface area contributed by atoms with Crippen molar-refractivity contribution in [3.05, 3.63) is 35.4 Å². The van der Waals surface area contributed by atoms with Gasteiger partial charge in [0.1, 0.15) is 0 Å². The Morgan fingerprint density at radius 1 is 1.05 bits per heavy atom. The fourth-order valence-electron chi connectivity index (χ4n) is 5.21. The van der Waals surface area contributed by atoms with Crippen LogP contribution in [0.1, 0.15) is 64.0 Å². The highest BCUT2D eigenvalue weighted by atomic mass is 16.3. The van der Waals surface area contributed by atoms with E-state index in [9.17, 15) is 5.11 Å². The third-order valence-corrected chi connectivity index (χ3v) is 6.18. The fraction of sp³-hybridized carbons (Fsp3) is 0.700. The average Bonchev–Trinajstić information content (AvgIpc) is 2.45. The smallest absolute Gasteiger partial charge is 0.0761 e. The highest BCUT2D eigenvalue weighted by Gasteiger charge is 2.59. The predicted octanol–water partition coefficient (Wildman–Crippen LogP) is 4.11. The minimum atomic E-state index is -0.589. The van der Waals surface area contributed by atoms with Crippen molar-refractivity contribution in [2.75, 3.05) is 13.6 Å². The fourth-order valence-corrected chi connectivity index (χ4v) is 5.21. The van der Waals surface area contributed by atoms with Crippen molar-refractivity contribution >= 4 is 0 Å². The Morgan fingerprint density at radius 2 is 1.68 bits per heavy atom. The molecule has 0 amide bonds. The quantitative estimate of drug-likeness (QED) is 0.844. The molecular formula is C20H31NO. The standard InChI is InChI=1S/C20H31NO/c1-18(2,3)20(19(22)12-8-5-9-13-19)15-21(4)14-16-10-6-7-11-17(16)20/h6-7,10-11,22H,5,8-9,12-15H2,1-4H3. The van der Waals surface area contributed by atoms with Crippen LogP contribution in [-0.4, -0.2) is 29.2 Å². The van der Waals surface area contributed by atoms with E-state index >= 15 is 0 Å². The van der Waals surface area contributed by atoms with E-state index in [1.54, 1.807) is 0 Å². The molecule has 1 heterocycles. The summed E-state index contributed by atoms with van der Waals surface area (Å²) >= 11 is 0. The molecule has 3 rings (SSSR count). The van der Waals surface area contributed by atoms with Gasteiger partial charge in [-0.3, -0.25) is 0 Å². The normalized spacial score (nSPS) is 29.1. The van der Waals surface area contributed by atoms with Gasteiger partial charge >= 0.3 is 0 Å². The van der Waals surface area contributed by atoms with E-state index in [2.05, 4.69) is 57.0 Å². The number of aliphatic hydroxyl groups is 1. The monoisotopic (exact) mass is 301 g/mol. The molecule has 1 unspecified atom stereocenters. The molecule has 2 nitrogen and oxygen atoms in total. The molecular weight excluding hydrogens is 270 g/mol. The van der Waals surface area contributed by atoms with Gasteiger partial charge < -0.3 is 10.0 Å². The Bertz CT molecular complexity index is 539. The first-order valence-corrected chi connectivity index (χ1v) is 8.79. The van der Waals surface area contributed by atoms with Gasteiger partial charge in [0, 0.05) is 18.5 Å². The van der Waals surface area contributed by atoms with E-state index < -0.39 is 5.60 Å². The van der Waals surface area contributed by atoms with E-state index in [0.29, 0.717) is 0 Å². The molecule has 0 radical (unpaired) electrons. The number of hydrogen-bond acceptors (Lipinski definition) is 2. The number of likely N-dealkylation sites (N-methyl/N-ethyl adjacent to an activating group) is 1. The highest BCUT2D eigenvalue weighted by molar-refractivity contribution is 5.42. The minimum Gasteiger partial charge on any atom is -0.389 e. The van der Waals surface area contributed by atoms with Crippen molar-refractivity contribution in [3.63, 3.8) is 0 Å². The van der Waals surface area contributed by atoms with Gasteiger partial charge in [-0.2, -0.15) is 0 Å². The summed E-state index contributed by atoms with van der Waals surface area (Å²) in [6.45, 7) is 8.88. The number of rotatable bonds is 1. The third-order valence-electron chi connectivity index (χ3n) is 6.18. The first-order chi connectivity index (χ1) is 10.3. The Balaban J connectivity index is 2.23. The van der Waals surface area contributed by atoms with E-state index in [-0.39, 0.29) is 10.8 Å². The molecule has 1 aromatic carbocycles. The van der Waals surface area contributed by atoms with Crippen molar-refractivity contribution < 1.29 is 5.11 Å². The van der Waals surface area contributed by atoms with Crippen molar-refractivity contribution in [2.45, 2.75) is 70.4 Å². The van der Waals surface area contributed by atoms with Crippen LogP contribution >= 0.6 is 0 Å². The molecule has 2 heteroatoms. The molecule has 22 heavy (non-hydrogen) atoms. The lowest BCUT2D eigenvalue weighted by Crippen LogP contribution is -2.65. The Labute approximate surface area is 135 Å². The van der Waals surface area contributed by atoms with Crippen LogP contribution < -0.4 is 0 Å². The molecule has 1 atom stereocenters. The Kier molecular flexibility index (Phi) is 3.89. The largest absolute Gasteiger partial charge is 0.389 e. The summed E-state index contributed by atoms with van der Waals surface area (Å²) in [6, 6.07) is 8.81. The second-order valence-corrected chi connectivity index (χ2v) is 8.58. The van der Waals surface area contributed by atoms with Gasteiger partial charge in [0.25, 0.3) is 0 Å². The highest BCUT2D eigenvalue weighted by Crippen LogP contribution is 2.56. The lowest BCUT2D eigenvalue weighted by atomic mass is 9.49. The molecule has 2 aliphatic rings. The zero-order valence-corrected chi connectivity index (χ0v) is 14.7. The number of benzene rings is 1. The van der Waals surface area contributed by atoms with Crippen LogP contribution in [0.5, 0.6) is 0 Å². The van der Waals surface area contributed by atoms with Gasteiger partial charge in [-0.1, -0.05) is 64.3 Å². The van der Waals surface area contributed by atoms with Crippen LogP contribution in [0.2, 0.25) is 0 Å². The molecule has 0 bridgehead atoms. The zero-order valence-electron chi connectivity index (χ0n) is 14.7. The maximum atomic E-state index is 11.8. The van der Waals surface area contributed by atoms with E-state index in [0.717, 1.165) is 38.8 Å². The van der Waals surface area contributed by atoms with Crippen LogP contribution in [0, 0.1) is 5.41 Å². The lowest BCUT2D eigenvalue weighted by molar-refractivity contribution is -0.126. The number of fused-ring (bicyclic) bond motifs is 1. The molecule has 1 aliphatic carbocycles. The lowest BCUT2D eigenvalue weighted by Gasteiger charge is -2.60. The summed E-state index contributed by atoms with van der Waals surface area (Å²) in [6.07, 6.45) is 5.44. The molecule has 1 N–H and O–H groups in total. The molecule has 1 saturated carbocycles. The minimum absolute atomic E-state index is 0.0177. The Hall–Kier alpha value is -0.860. The molecule has 1 aliphatic heterocycles. The van der Waals surface area contributed by atoms with Crippen molar-refractivity contribution in [1.29, 1.82) is 0 Å². The first-order valence-electron chi connectivity index (χ1n) is 8.79.